The van der Waals surface area contributed by atoms with E-state index in [-0.39, 0.29) is 0 Å². The Morgan fingerprint density at radius 2 is 2.38 bits per heavy atom. The summed E-state index contributed by atoms with van der Waals surface area (Å²) in [4.78, 5) is 9.77. The highest BCUT2D eigenvalue weighted by atomic mass is 16.3. The Kier molecular flexibility index (Phi) is 3.02. The largest absolute Gasteiger partial charge is 0.392 e. The summed E-state index contributed by atoms with van der Waals surface area (Å²) in [6, 6.07) is 1.62. The van der Waals surface area contributed by atoms with Gasteiger partial charge >= 0.3 is 0 Å². The number of nitrogens with zero attached hydrogens (tertiary/aromatic N) is 3. The van der Waals surface area contributed by atoms with Crippen molar-refractivity contribution in [2.24, 2.45) is 0 Å². The number of aliphatic hydroxyl groups excluding tert-OH is 1. The molecule has 0 radical (unpaired) electrons. The lowest BCUT2D eigenvalue weighted by Gasteiger charge is -2.18. The molecule has 0 aliphatic rings. The molecule has 13 heavy (non-hydrogen) atoms. The topological polar surface area (TPSA) is 75.3 Å². The fraction of sp³-hybridized carbons (Fsp3) is 0.500. The van der Waals surface area contributed by atoms with Crippen molar-refractivity contribution in [3.8, 4) is 0 Å². The molecule has 1 atom stereocenters. The van der Waals surface area contributed by atoms with E-state index in [2.05, 4.69) is 9.97 Å². The molecular weight excluding hydrogens is 168 g/mol. The van der Waals surface area contributed by atoms with E-state index < -0.39 is 6.10 Å². The molecule has 0 saturated carbocycles. The number of aromatic nitrogens is 2. The van der Waals surface area contributed by atoms with E-state index >= 15 is 0 Å². The second-order valence-electron chi connectivity index (χ2n) is 3.01. The van der Waals surface area contributed by atoms with Gasteiger partial charge in [-0.2, -0.15) is 4.98 Å². The van der Waals surface area contributed by atoms with E-state index in [4.69, 9.17) is 10.8 Å². The molecule has 5 heteroatoms. The molecule has 0 bridgehead atoms. The van der Waals surface area contributed by atoms with Crippen molar-refractivity contribution in [2.45, 2.75) is 13.0 Å². The zero-order valence-electron chi connectivity index (χ0n) is 7.81. The van der Waals surface area contributed by atoms with Gasteiger partial charge in [-0.3, -0.25) is 0 Å². The second-order valence-corrected chi connectivity index (χ2v) is 3.01. The van der Waals surface area contributed by atoms with Crippen LogP contribution in [0.25, 0.3) is 0 Å². The molecular formula is C8H14N4O. The average Bonchev–Trinajstić information content (AvgIpc) is 2.03. The van der Waals surface area contributed by atoms with Gasteiger partial charge in [0.25, 0.3) is 0 Å². The summed E-state index contributed by atoms with van der Waals surface area (Å²) < 4.78 is 0. The number of nitrogen functional groups attached to an aromatic ring is 1. The van der Waals surface area contributed by atoms with Crippen molar-refractivity contribution in [1.82, 2.24) is 9.97 Å². The van der Waals surface area contributed by atoms with E-state index in [0.29, 0.717) is 18.3 Å². The van der Waals surface area contributed by atoms with Gasteiger partial charge in [-0.05, 0) is 13.0 Å². The standard InChI is InChI=1S/C8H14N4O/c1-6(13)5-12(2)8-10-4-3-7(9)11-8/h3-4,6,13H,5H2,1-2H3,(H2,9,10,11). The average molecular weight is 182 g/mol. The van der Waals surface area contributed by atoms with Crippen LogP contribution in [0.3, 0.4) is 0 Å². The van der Waals surface area contributed by atoms with Gasteiger partial charge in [-0.15, -0.1) is 0 Å². The predicted molar refractivity (Wildman–Crippen MR) is 51.4 cm³/mol. The number of anilines is 2. The van der Waals surface area contributed by atoms with Crippen LogP contribution < -0.4 is 10.6 Å². The van der Waals surface area contributed by atoms with E-state index in [1.54, 1.807) is 24.1 Å². The summed E-state index contributed by atoms with van der Waals surface area (Å²) in [5.74, 6) is 0.961. The number of nitrogens with two attached hydrogens (primary N) is 1. The summed E-state index contributed by atoms with van der Waals surface area (Å²) >= 11 is 0. The van der Waals surface area contributed by atoms with Crippen molar-refractivity contribution in [1.29, 1.82) is 0 Å². The summed E-state index contributed by atoms with van der Waals surface area (Å²) in [5.41, 5.74) is 5.49. The molecule has 1 rings (SSSR count). The molecule has 0 saturated heterocycles. The number of hydrogen-bond acceptors (Lipinski definition) is 5. The molecule has 0 fully saturated rings. The van der Waals surface area contributed by atoms with Crippen molar-refractivity contribution in [3.63, 3.8) is 0 Å². The lowest BCUT2D eigenvalue weighted by atomic mass is 10.4. The van der Waals surface area contributed by atoms with Crippen LogP contribution in [-0.2, 0) is 0 Å². The van der Waals surface area contributed by atoms with Gasteiger partial charge < -0.3 is 15.7 Å². The fourth-order valence-corrected chi connectivity index (χ4v) is 1.02. The molecule has 0 aromatic carbocycles. The van der Waals surface area contributed by atoms with Crippen LogP contribution >= 0.6 is 0 Å². The highest BCUT2D eigenvalue weighted by Gasteiger charge is 2.06. The molecule has 5 nitrogen and oxygen atoms in total. The molecule has 0 amide bonds. The van der Waals surface area contributed by atoms with Gasteiger partial charge in [-0.1, -0.05) is 0 Å². The Morgan fingerprint density at radius 1 is 1.69 bits per heavy atom. The van der Waals surface area contributed by atoms with E-state index in [1.165, 1.54) is 0 Å². The third kappa shape index (κ3) is 2.87. The minimum atomic E-state index is -0.407. The molecule has 3 N–H and O–H groups in total. The number of hydrogen-bond donors (Lipinski definition) is 2. The lowest BCUT2D eigenvalue weighted by Crippen LogP contribution is -2.28. The van der Waals surface area contributed by atoms with Crippen LogP contribution in [0.1, 0.15) is 6.92 Å². The summed E-state index contributed by atoms with van der Waals surface area (Å²) in [7, 11) is 1.81. The number of rotatable bonds is 3. The van der Waals surface area contributed by atoms with Gasteiger partial charge in [0.2, 0.25) is 5.95 Å². The van der Waals surface area contributed by atoms with Gasteiger partial charge in [0.05, 0.1) is 6.10 Å². The summed E-state index contributed by atoms with van der Waals surface area (Å²) in [6.45, 7) is 2.20. The van der Waals surface area contributed by atoms with Crippen molar-refractivity contribution >= 4 is 11.8 Å². The van der Waals surface area contributed by atoms with Crippen LogP contribution in [0.2, 0.25) is 0 Å². The first-order valence-electron chi connectivity index (χ1n) is 4.07. The van der Waals surface area contributed by atoms with E-state index in [9.17, 15) is 0 Å². The third-order valence-corrected chi connectivity index (χ3v) is 1.54. The molecule has 0 aliphatic carbocycles. The predicted octanol–water partition coefficient (Wildman–Crippen LogP) is -0.124. The van der Waals surface area contributed by atoms with E-state index in [0.717, 1.165) is 0 Å². The van der Waals surface area contributed by atoms with Crippen molar-refractivity contribution < 1.29 is 5.11 Å². The molecule has 72 valence electrons. The zero-order chi connectivity index (χ0) is 9.84. The first kappa shape index (κ1) is 9.73. The maximum absolute atomic E-state index is 9.12. The first-order valence-corrected chi connectivity index (χ1v) is 4.07. The van der Waals surface area contributed by atoms with Crippen molar-refractivity contribution in [3.05, 3.63) is 12.3 Å². The molecule has 1 aromatic rings. The van der Waals surface area contributed by atoms with Gasteiger partial charge in [0, 0.05) is 19.8 Å². The Balaban J connectivity index is 2.71. The summed E-state index contributed by atoms with van der Waals surface area (Å²) in [5, 5.41) is 9.12. The van der Waals surface area contributed by atoms with Crippen LogP contribution in [0, 0.1) is 0 Å². The molecule has 0 spiro atoms. The second kappa shape index (κ2) is 4.04. The van der Waals surface area contributed by atoms with Crippen LogP contribution in [0.5, 0.6) is 0 Å². The minimum Gasteiger partial charge on any atom is -0.392 e. The highest BCUT2D eigenvalue weighted by Crippen LogP contribution is 2.06. The van der Waals surface area contributed by atoms with E-state index in [1.807, 2.05) is 7.05 Å². The zero-order valence-corrected chi connectivity index (χ0v) is 7.81. The Labute approximate surface area is 77.2 Å². The smallest absolute Gasteiger partial charge is 0.227 e. The molecule has 1 unspecified atom stereocenters. The number of aliphatic hydroxyl groups is 1. The SMILES string of the molecule is CC(O)CN(C)c1nccc(N)n1. The van der Waals surface area contributed by atoms with Crippen molar-refractivity contribution in [2.75, 3.05) is 24.2 Å². The highest BCUT2D eigenvalue weighted by molar-refractivity contribution is 5.36. The molecule has 1 aromatic heterocycles. The summed E-state index contributed by atoms with van der Waals surface area (Å²) in [6.07, 6.45) is 1.19. The quantitative estimate of drug-likeness (QED) is 0.681. The maximum Gasteiger partial charge on any atom is 0.227 e. The van der Waals surface area contributed by atoms with Crippen LogP contribution in [-0.4, -0.2) is 34.8 Å². The number of likely N-dealkylation sites (N-methyl/N-ethyl adjacent to an activating group) is 1. The third-order valence-electron chi connectivity index (χ3n) is 1.54. The van der Waals surface area contributed by atoms with Crippen LogP contribution in [0.4, 0.5) is 11.8 Å². The lowest BCUT2D eigenvalue weighted by molar-refractivity contribution is 0.201. The minimum absolute atomic E-state index is 0.407. The van der Waals surface area contributed by atoms with Gasteiger partial charge in [0.1, 0.15) is 5.82 Å². The van der Waals surface area contributed by atoms with Crippen LogP contribution in [0.15, 0.2) is 12.3 Å². The Morgan fingerprint density at radius 3 is 2.92 bits per heavy atom. The monoisotopic (exact) mass is 182 g/mol. The first-order chi connectivity index (χ1) is 6.09. The molecule has 0 aliphatic heterocycles. The maximum atomic E-state index is 9.12. The normalized spacial score (nSPS) is 12.5. The Hall–Kier alpha value is -1.36. The van der Waals surface area contributed by atoms with Gasteiger partial charge in [-0.25, -0.2) is 4.98 Å². The van der Waals surface area contributed by atoms with Gasteiger partial charge in [0.15, 0.2) is 0 Å². The Bertz CT molecular complexity index is 277. The fourth-order valence-electron chi connectivity index (χ4n) is 1.02. The molecule has 1 heterocycles.